The van der Waals surface area contributed by atoms with E-state index in [9.17, 15) is 53.9 Å². The average Bonchev–Trinajstić information content (AvgIpc) is 0.732. The van der Waals surface area contributed by atoms with Gasteiger partial charge in [0.25, 0.3) is 0 Å². The van der Waals surface area contributed by atoms with Crippen molar-refractivity contribution in [2.75, 3.05) is 105 Å². The first kappa shape index (κ1) is 60.4. The van der Waals surface area contributed by atoms with Crippen molar-refractivity contribution in [3.63, 3.8) is 0 Å². The van der Waals surface area contributed by atoms with Gasteiger partial charge in [0, 0.05) is 120 Å². The summed E-state index contributed by atoms with van der Waals surface area (Å²) in [5.41, 5.74) is -0.389. The second-order valence-electron chi connectivity index (χ2n) is 25.6. The first-order chi connectivity index (χ1) is 44.9. The van der Waals surface area contributed by atoms with Crippen LogP contribution in [0.15, 0.2) is 91.4 Å². The molecule has 10 fully saturated rings. The molecule has 0 bridgehead atoms. The molecule has 8 atom stereocenters. The van der Waals surface area contributed by atoms with Crippen LogP contribution in [-0.4, -0.2) is 189 Å². The Hall–Kier alpha value is -6.86. The lowest BCUT2D eigenvalue weighted by molar-refractivity contribution is -0.139. The molecule has 3 aromatic rings. The highest BCUT2D eigenvalue weighted by molar-refractivity contribution is 5.77. The second-order valence-corrected chi connectivity index (χ2v) is 25.6. The lowest BCUT2D eigenvalue weighted by Crippen LogP contribution is -2.68. The molecule has 3 aromatic carbocycles. The third-order valence-corrected chi connectivity index (χ3v) is 19.0. The number of rotatable bonds is 9. The molecule has 498 valence electrons. The molecule has 1 spiro atoms. The van der Waals surface area contributed by atoms with Crippen molar-refractivity contribution in [3.05, 3.63) is 137 Å². The van der Waals surface area contributed by atoms with Crippen LogP contribution in [0.3, 0.4) is 0 Å². The minimum Gasteiger partial charge on any atom is -0.496 e. The smallest absolute Gasteiger partial charge is 0.416 e. The van der Waals surface area contributed by atoms with E-state index in [1.54, 1.807) is 14.7 Å². The maximum absolute atomic E-state index is 14.4. The van der Waals surface area contributed by atoms with E-state index < -0.39 is 72.2 Å². The van der Waals surface area contributed by atoms with Crippen LogP contribution >= 0.6 is 0 Å². The van der Waals surface area contributed by atoms with Gasteiger partial charge in [-0.05, 0) is 118 Å². The van der Waals surface area contributed by atoms with Crippen LogP contribution in [0.25, 0.3) is 0 Å². The fraction of sp³-hybridized carbons (Fsp3) is 0.591. The predicted molar refractivity (Wildman–Crippen MR) is 322 cm³/mol. The van der Waals surface area contributed by atoms with Crippen LogP contribution in [0.4, 0.5) is 53.9 Å². The number of hydrogen-bond acceptors (Lipinski definition) is 10. The number of halogens is 9. The number of ether oxygens (including phenoxy) is 4. The van der Waals surface area contributed by atoms with Gasteiger partial charge in [-0.2, -0.15) is 26.3 Å². The Morgan fingerprint density at radius 3 is 1.46 bits per heavy atom. The van der Waals surface area contributed by atoms with Gasteiger partial charge in [0.1, 0.15) is 23.2 Å². The van der Waals surface area contributed by atoms with Crippen molar-refractivity contribution in [2.24, 2.45) is 23.2 Å². The lowest BCUT2D eigenvalue weighted by atomic mass is 9.56. The summed E-state index contributed by atoms with van der Waals surface area (Å²) in [6.45, 7) is 19.2. The Kier molecular flexibility index (Phi) is 18.4. The third kappa shape index (κ3) is 15.3. The Bertz CT molecular complexity index is 3350. The number of methoxy groups -OCH3 is 1. The van der Waals surface area contributed by atoms with E-state index >= 15 is 0 Å². The number of piperidine rings is 3. The number of alkyl halides is 6. The van der Waals surface area contributed by atoms with E-state index in [0.717, 1.165) is 92.3 Å². The largest absolute Gasteiger partial charge is 0.496 e. The number of benzene rings is 3. The number of nitrogens with one attached hydrogen (secondary N) is 3. The van der Waals surface area contributed by atoms with Crippen LogP contribution in [0.1, 0.15) is 87.0 Å². The molecule has 6 amide bonds. The number of nitrogens with zero attached hydrogens (tertiary/aromatic N) is 6. The van der Waals surface area contributed by atoms with Crippen LogP contribution in [0.5, 0.6) is 5.75 Å². The highest BCUT2D eigenvalue weighted by atomic mass is 19.4. The Balaban J connectivity index is 0.000000156. The van der Waals surface area contributed by atoms with Gasteiger partial charge in [0.05, 0.1) is 78.5 Å². The zero-order valence-corrected chi connectivity index (χ0v) is 49.9. The van der Waals surface area contributed by atoms with Crippen LogP contribution in [-0.2, 0) is 45.8 Å². The van der Waals surface area contributed by atoms with Gasteiger partial charge >= 0.3 is 30.4 Å². The molecule has 16 nitrogen and oxygen atoms in total. The molecule has 9 saturated heterocycles. The topological polar surface area (TPSA) is 144 Å². The molecule has 13 rings (SSSR count). The molecule has 3 N–H and O–H groups in total. The number of fused-ring (bicyclic) bond motifs is 3. The first-order valence-electron chi connectivity index (χ1n) is 33.3. The van der Waals surface area contributed by atoms with Crippen LogP contribution < -0.4 is 20.7 Å². The van der Waals surface area contributed by atoms with Crippen LogP contribution in [0, 0.1) is 40.6 Å². The molecule has 25 heteroatoms. The number of carbonyl (C=O) groups excluding carboxylic acids is 3. The number of urea groups is 3. The van der Waals surface area contributed by atoms with Crippen molar-refractivity contribution < 1.29 is 79.7 Å². The molecule has 10 aliphatic rings. The maximum Gasteiger partial charge on any atom is 0.416 e. The second kappa shape index (κ2) is 27.8. The lowest BCUT2D eigenvalue weighted by Gasteiger charge is -2.60. The molecule has 9 heterocycles. The monoisotopic (exact) mass is 1300 g/mol. The van der Waals surface area contributed by atoms with Crippen LogP contribution in [0.2, 0.25) is 0 Å². The molecule has 2 unspecified atom stereocenters. The molecule has 0 aromatic heterocycles. The van der Waals surface area contributed by atoms with Gasteiger partial charge in [0.15, 0.2) is 0 Å². The van der Waals surface area contributed by atoms with Crippen molar-refractivity contribution in [1.29, 1.82) is 0 Å². The van der Waals surface area contributed by atoms with Gasteiger partial charge in [-0.1, -0.05) is 45.4 Å². The molecule has 1 saturated carbocycles. The van der Waals surface area contributed by atoms with Crippen molar-refractivity contribution >= 4 is 18.1 Å². The van der Waals surface area contributed by atoms with Crippen molar-refractivity contribution in [2.45, 2.75) is 120 Å². The van der Waals surface area contributed by atoms with E-state index in [2.05, 4.69) is 35.7 Å². The Labute approximate surface area is 533 Å². The standard InChI is InChI=1S/C23H30FN3O3.2C21H25F4N3O2.CH4/c1-15-12-30-21-6-7-26(11-19(21)25-15)22(28)27-13-23(14-27)9-16(10-23)8-17-18(24)4-3-5-20(17)29-2;2*1-13-12-30-19-7-8-27(11-18(19)26-13)20(29)28-9-14(10-28)5-6-15-16(21(23,24)25)3-2-4-17(15)22;/h3-5,16,19,21,25H,1,6-14H2,2H3;2*2-4,14,18-19,26H,1,5-12H2;1H4/t19-,21+;2*18-,19+;/m111./s1/i2T3;5T,6T;;/tm;5?,6?,18-,19+;m;. The van der Waals surface area contributed by atoms with E-state index in [0.29, 0.717) is 97.0 Å². The van der Waals surface area contributed by atoms with E-state index in [1.807, 2.05) is 9.80 Å². The maximum atomic E-state index is 14.4. The minimum atomic E-state index is -4.81. The van der Waals surface area contributed by atoms with Gasteiger partial charge in [-0.25, -0.2) is 27.6 Å². The third-order valence-electron chi connectivity index (χ3n) is 19.0. The summed E-state index contributed by atoms with van der Waals surface area (Å²) >= 11 is 0. The molecular formula is C66H84F9N9O7. The van der Waals surface area contributed by atoms with Gasteiger partial charge in [-0.3, -0.25) is 0 Å². The normalized spacial score (nSPS) is 27.2. The van der Waals surface area contributed by atoms with Gasteiger partial charge < -0.3 is 64.3 Å². The number of morpholine rings is 3. The fourth-order valence-electron chi connectivity index (χ4n) is 14.4. The quantitative estimate of drug-likeness (QED) is 0.177. The molecular weight excluding hydrogens is 1200 g/mol. The van der Waals surface area contributed by atoms with Crippen molar-refractivity contribution in [3.8, 4) is 5.75 Å². The zero-order chi connectivity index (χ0) is 68.1. The minimum absolute atomic E-state index is 0. The fourth-order valence-corrected chi connectivity index (χ4v) is 14.4. The highest BCUT2D eigenvalue weighted by Gasteiger charge is 2.55. The SMILES string of the molecule is C.C=C1CO[C@H]2CCN(C(=O)N3CC(CCc4c(F)cccc4C(F)(F)F)C3)C[C@H]2N1.[3H]C([3H])([3H])Oc1cccc(F)c1CC1CC2(C1)CN(C(=O)N1CC[C@@H]3OCC(=C)N[C@@H]3C1)C2.[3H]C(c1c(F)cccc1C(F)(F)F)C([3H])C1CN(C(=O)N2CC[C@@H]3OCC(=C)N[C@@H]3C2)C1. The summed E-state index contributed by atoms with van der Waals surface area (Å²) < 4.78 is 182. The zero-order valence-electron chi connectivity index (χ0n) is 54.9. The van der Waals surface area contributed by atoms with Crippen molar-refractivity contribution in [1.82, 2.24) is 45.3 Å². The highest BCUT2D eigenvalue weighted by Crippen LogP contribution is 2.54. The van der Waals surface area contributed by atoms with E-state index in [4.69, 9.17) is 25.8 Å². The number of likely N-dealkylation sites (tertiary alicyclic amines) is 6. The van der Waals surface area contributed by atoms with E-state index in [1.165, 1.54) is 23.1 Å². The summed E-state index contributed by atoms with van der Waals surface area (Å²) in [5, 5.41) is 9.90. The summed E-state index contributed by atoms with van der Waals surface area (Å²) in [4.78, 5) is 49.1. The summed E-state index contributed by atoms with van der Waals surface area (Å²) in [6.07, 6.45) is -7.26. The predicted octanol–water partition coefficient (Wildman–Crippen LogP) is 10.2. The average molecular weight is 1300 g/mol. The Morgan fingerprint density at radius 2 is 1.00 bits per heavy atom. The van der Waals surface area contributed by atoms with Gasteiger partial charge in [0.2, 0.25) is 0 Å². The number of hydrogen-bond donors (Lipinski definition) is 3. The first-order valence-corrected chi connectivity index (χ1v) is 30.7. The number of amides is 6. The summed E-state index contributed by atoms with van der Waals surface area (Å²) in [6, 6.07) is 9.78. The summed E-state index contributed by atoms with van der Waals surface area (Å²) in [5.74, 6) is -2.50. The molecule has 1 aliphatic carbocycles. The Morgan fingerprint density at radius 1 is 0.582 bits per heavy atom. The molecule has 9 aliphatic heterocycles. The van der Waals surface area contributed by atoms with Gasteiger partial charge in [-0.15, -0.1) is 0 Å². The number of carbonyl (C=O) groups is 3. The summed E-state index contributed by atoms with van der Waals surface area (Å²) in [7, 11) is -2.61. The molecule has 0 radical (unpaired) electrons. The van der Waals surface area contributed by atoms with E-state index in [-0.39, 0.29) is 110 Å². The molecule has 91 heavy (non-hydrogen) atoms.